The largest absolute Gasteiger partial charge is 0.508 e. The molecule has 202 valence electrons. The third-order valence-electron chi connectivity index (χ3n) is 6.12. The lowest BCUT2D eigenvalue weighted by Gasteiger charge is -2.30. The molecule has 0 radical (unpaired) electrons. The molecule has 0 fully saturated rings. The molecule has 0 amide bonds. The Morgan fingerprint density at radius 1 is 1.08 bits per heavy atom. The summed E-state index contributed by atoms with van der Waals surface area (Å²) in [5, 5.41) is 14.0. The summed E-state index contributed by atoms with van der Waals surface area (Å²) < 4.78 is 10.1. The molecule has 5 N–H and O–H groups in total. The van der Waals surface area contributed by atoms with Gasteiger partial charge in [0, 0.05) is 28.5 Å². The lowest BCUT2D eigenvalue weighted by atomic mass is 9.80. The molecule has 0 spiro atoms. The third-order valence-corrected chi connectivity index (χ3v) is 6.95. The van der Waals surface area contributed by atoms with Crippen LogP contribution < -0.4 is 11.1 Å². The number of esters is 2. The van der Waals surface area contributed by atoms with Crippen molar-refractivity contribution in [1.82, 2.24) is 10.3 Å². The topological polar surface area (TPSA) is 127 Å². The summed E-state index contributed by atoms with van der Waals surface area (Å²) >= 11 is 12.5. The van der Waals surface area contributed by atoms with Gasteiger partial charge in [0.25, 0.3) is 0 Å². The first kappa shape index (κ1) is 29.1. The minimum absolute atomic E-state index is 0.210. The lowest BCUT2D eigenvalue weighted by molar-refractivity contribution is -0.139. The molecule has 0 aliphatic carbocycles. The van der Waals surface area contributed by atoms with Crippen molar-refractivity contribution in [1.29, 1.82) is 0 Å². The van der Waals surface area contributed by atoms with Crippen LogP contribution in [0.5, 0.6) is 5.75 Å². The molecule has 0 bridgehead atoms. The maximum absolute atomic E-state index is 12.6. The summed E-state index contributed by atoms with van der Waals surface area (Å²) in [7, 11) is 1.29. The lowest BCUT2D eigenvalue weighted by Crippen LogP contribution is -2.32. The second-order valence-electron chi connectivity index (χ2n) is 8.57. The van der Waals surface area contributed by atoms with Crippen molar-refractivity contribution >= 4 is 46.0 Å². The quantitative estimate of drug-likeness (QED) is 0.300. The highest BCUT2D eigenvalue weighted by Crippen LogP contribution is 2.43. The van der Waals surface area contributed by atoms with E-state index in [4.69, 9.17) is 38.4 Å². The first-order chi connectivity index (χ1) is 18.1. The maximum atomic E-state index is 12.6. The van der Waals surface area contributed by atoms with Crippen molar-refractivity contribution < 1.29 is 24.2 Å². The van der Waals surface area contributed by atoms with Gasteiger partial charge in [0.05, 0.1) is 40.8 Å². The van der Waals surface area contributed by atoms with E-state index in [0.29, 0.717) is 45.4 Å². The first-order valence-electron chi connectivity index (χ1n) is 12.0. The number of dihydropyridines is 1. The molecule has 10 heteroatoms. The van der Waals surface area contributed by atoms with Crippen LogP contribution in [-0.2, 0) is 25.5 Å². The number of nitrogens with one attached hydrogen (secondary N) is 2. The summed E-state index contributed by atoms with van der Waals surface area (Å²) in [6.45, 7) is 6.04. The van der Waals surface area contributed by atoms with Gasteiger partial charge in [-0.15, -0.1) is 0 Å². The molecule has 3 aromatic rings. The Morgan fingerprint density at radius 3 is 2.39 bits per heavy atom. The number of ether oxygens (including phenoxy) is 2. The van der Waals surface area contributed by atoms with E-state index in [9.17, 15) is 14.7 Å². The van der Waals surface area contributed by atoms with Gasteiger partial charge in [-0.25, -0.2) is 9.59 Å². The average Bonchev–Trinajstić information content (AvgIpc) is 3.27. The SMILES string of the molecule is CCOC(=O)C1=C(C)NC(C)=C(C(=O)OC)C1c1cccc(Cl)c1Cl.NCCc1c[nH]c2ccc(O)cc12. The zero-order valence-electron chi connectivity index (χ0n) is 21.7. The highest BCUT2D eigenvalue weighted by molar-refractivity contribution is 6.42. The standard InChI is InChI=1S/C18H19Cl2NO4.C10H12N2O/c1-5-25-18(23)14-10(3)21-9(2)13(17(22)24-4)15(14)11-7-6-8-12(19)16(11)20;11-4-3-7-6-12-10-2-1-8(13)5-9(7)10/h6-8,15,21H,5H2,1-4H3;1-2,5-6,12-13H,3-4,11H2. The number of nitrogens with two attached hydrogens (primary N) is 1. The Morgan fingerprint density at radius 2 is 1.76 bits per heavy atom. The fourth-order valence-electron chi connectivity index (χ4n) is 4.44. The van der Waals surface area contributed by atoms with Crippen LogP contribution in [-0.4, -0.2) is 42.3 Å². The van der Waals surface area contributed by atoms with Crippen molar-refractivity contribution in [3.8, 4) is 5.75 Å². The molecule has 0 saturated carbocycles. The molecule has 2 heterocycles. The zero-order chi connectivity index (χ0) is 28.0. The number of aromatic amines is 1. The van der Waals surface area contributed by atoms with Crippen LogP contribution in [0.3, 0.4) is 0 Å². The monoisotopic (exact) mass is 559 g/mol. The number of hydrogen-bond acceptors (Lipinski definition) is 7. The molecule has 2 aromatic carbocycles. The Labute approximate surface area is 231 Å². The van der Waals surface area contributed by atoms with E-state index in [1.54, 1.807) is 51.1 Å². The van der Waals surface area contributed by atoms with Gasteiger partial charge >= 0.3 is 11.9 Å². The second-order valence-corrected chi connectivity index (χ2v) is 9.36. The number of H-pyrrole nitrogens is 1. The van der Waals surface area contributed by atoms with E-state index in [2.05, 4.69) is 10.3 Å². The van der Waals surface area contributed by atoms with Crippen LogP contribution in [0.25, 0.3) is 10.9 Å². The smallest absolute Gasteiger partial charge is 0.336 e. The molecule has 1 aliphatic heterocycles. The molecule has 1 aromatic heterocycles. The van der Waals surface area contributed by atoms with Crippen molar-refractivity contribution in [3.05, 3.63) is 86.3 Å². The number of rotatable bonds is 6. The molecular weight excluding hydrogens is 529 g/mol. The number of phenols is 1. The first-order valence-corrected chi connectivity index (χ1v) is 12.8. The van der Waals surface area contributed by atoms with Gasteiger partial charge in [-0.1, -0.05) is 35.3 Å². The number of fused-ring (bicyclic) bond motifs is 1. The van der Waals surface area contributed by atoms with Gasteiger partial charge in [0.1, 0.15) is 5.75 Å². The van der Waals surface area contributed by atoms with Gasteiger partial charge in [0.15, 0.2) is 0 Å². The Balaban J connectivity index is 0.000000256. The van der Waals surface area contributed by atoms with Crippen molar-refractivity contribution in [3.63, 3.8) is 0 Å². The number of phenolic OH excluding ortho intramolecular Hbond substituents is 1. The Kier molecular flexibility index (Phi) is 9.85. The van der Waals surface area contributed by atoms with Crippen LogP contribution in [0.2, 0.25) is 10.0 Å². The number of carbonyl (C=O) groups is 2. The van der Waals surface area contributed by atoms with Crippen molar-refractivity contribution in [2.24, 2.45) is 5.73 Å². The fourth-order valence-corrected chi connectivity index (χ4v) is 4.85. The zero-order valence-corrected chi connectivity index (χ0v) is 23.2. The van der Waals surface area contributed by atoms with Crippen molar-refractivity contribution in [2.45, 2.75) is 33.1 Å². The van der Waals surface area contributed by atoms with Crippen LogP contribution in [0.15, 0.2) is 65.1 Å². The number of halogens is 2. The molecule has 38 heavy (non-hydrogen) atoms. The van der Waals surface area contributed by atoms with Gasteiger partial charge < -0.3 is 30.6 Å². The summed E-state index contributed by atoms with van der Waals surface area (Å²) in [4.78, 5) is 28.1. The molecule has 1 atom stereocenters. The minimum atomic E-state index is -0.737. The summed E-state index contributed by atoms with van der Waals surface area (Å²) in [6, 6.07) is 10.4. The van der Waals surface area contributed by atoms with E-state index in [-0.39, 0.29) is 11.6 Å². The molecule has 4 rings (SSSR count). The average molecular weight is 560 g/mol. The normalized spacial score (nSPS) is 15.1. The number of aromatic nitrogens is 1. The molecular formula is C28H31Cl2N3O5. The number of methoxy groups -OCH3 is 1. The summed E-state index contributed by atoms with van der Waals surface area (Å²) in [6.07, 6.45) is 2.78. The number of allylic oxidation sites excluding steroid dienone is 2. The van der Waals surface area contributed by atoms with E-state index in [1.165, 1.54) is 7.11 Å². The molecule has 0 saturated heterocycles. The number of benzene rings is 2. The Hall–Kier alpha value is -3.46. The van der Waals surface area contributed by atoms with E-state index >= 15 is 0 Å². The highest BCUT2D eigenvalue weighted by Gasteiger charge is 2.38. The number of aromatic hydroxyl groups is 1. The fraction of sp³-hybridized carbons (Fsp3) is 0.286. The van der Waals surface area contributed by atoms with Gasteiger partial charge in [-0.3, -0.25) is 0 Å². The predicted molar refractivity (Wildman–Crippen MR) is 149 cm³/mol. The third kappa shape index (κ3) is 6.15. The van der Waals surface area contributed by atoms with Gasteiger partial charge in [-0.05, 0) is 69.1 Å². The van der Waals surface area contributed by atoms with Crippen LogP contribution in [0.4, 0.5) is 0 Å². The van der Waals surface area contributed by atoms with Crippen molar-refractivity contribution in [2.75, 3.05) is 20.3 Å². The maximum Gasteiger partial charge on any atom is 0.336 e. The Bertz CT molecular complexity index is 1410. The molecule has 1 aliphatic rings. The van der Waals surface area contributed by atoms with Crippen LogP contribution in [0.1, 0.15) is 37.8 Å². The van der Waals surface area contributed by atoms with E-state index in [1.807, 2.05) is 12.3 Å². The van der Waals surface area contributed by atoms with Crippen LogP contribution >= 0.6 is 23.2 Å². The van der Waals surface area contributed by atoms with Gasteiger partial charge in [0.2, 0.25) is 0 Å². The van der Waals surface area contributed by atoms with Crippen LogP contribution in [0, 0.1) is 0 Å². The van der Waals surface area contributed by atoms with E-state index < -0.39 is 17.9 Å². The minimum Gasteiger partial charge on any atom is -0.508 e. The van der Waals surface area contributed by atoms with Gasteiger partial charge in [-0.2, -0.15) is 0 Å². The highest BCUT2D eigenvalue weighted by atomic mass is 35.5. The molecule has 8 nitrogen and oxygen atoms in total. The van der Waals surface area contributed by atoms with E-state index in [0.717, 1.165) is 22.9 Å². The predicted octanol–water partition coefficient (Wildman–Crippen LogP) is 5.34. The number of hydrogen-bond donors (Lipinski definition) is 4. The summed E-state index contributed by atoms with van der Waals surface area (Å²) in [5.41, 5.74) is 9.98. The number of carbonyl (C=O) groups excluding carboxylic acids is 2. The second kappa shape index (κ2) is 12.9. The molecule has 1 unspecified atom stereocenters. The summed E-state index contributed by atoms with van der Waals surface area (Å²) in [5.74, 6) is -1.52.